The lowest BCUT2D eigenvalue weighted by Crippen LogP contribution is -2.40. The van der Waals surface area contributed by atoms with Crippen LogP contribution >= 0.6 is 0 Å². The lowest BCUT2D eigenvalue weighted by atomic mass is 9.86. The summed E-state index contributed by atoms with van der Waals surface area (Å²) in [6.45, 7) is 2.26. The van der Waals surface area contributed by atoms with E-state index in [0.29, 0.717) is 5.56 Å². The van der Waals surface area contributed by atoms with Gasteiger partial charge in [0.25, 0.3) is 5.91 Å². The molecule has 5 nitrogen and oxygen atoms in total. The summed E-state index contributed by atoms with van der Waals surface area (Å²) < 4.78 is 27.7. The van der Waals surface area contributed by atoms with Gasteiger partial charge in [-0.2, -0.15) is 4.31 Å². The molecule has 2 aliphatic carbocycles. The van der Waals surface area contributed by atoms with E-state index < -0.39 is 10.0 Å². The van der Waals surface area contributed by atoms with Gasteiger partial charge in [0.2, 0.25) is 10.0 Å². The molecule has 0 saturated heterocycles. The van der Waals surface area contributed by atoms with Crippen molar-refractivity contribution >= 4 is 15.9 Å². The minimum atomic E-state index is -3.59. The molecule has 1 aromatic carbocycles. The second-order valence-corrected chi connectivity index (χ2v) is 10.7. The molecule has 2 fully saturated rings. The Morgan fingerprint density at radius 3 is 2.21 bits per heavy atom. The summed E-state index contributed by atoms with van der Waals surface area (Å²) >= 11 is 0. The number of carbonyl (C=O) groups is 1. The van der Waals surface area contributed by atoms with Crippen molar-refractivity contribution in [3.8, 4) is 0 Å². The van der Waals surface area contributed by atoms with E-state index in [4.69, 9.17) is 0 Å². The van der Waals surface area contributed by atoms with Crippen LogP contribution in [0.2, 0.25) is 0 Å². The summed E-state index contributed by atoms with van der Waals surface area (Å²) in [4.78, 5) is 15.0. The van der Waals surface area contributed by atoms with Crippen molar-refractivity contribution in [2.24, 2.45) is 5.92 Å². The Balaban J connectivity index is 1.76. The van der Waals surface area contributed by atoms with Gasteiger partial charge in [0.1, 0.15) is 0 Å². The summed E-state index contributed by atoms with van der Waals surface area (Å²) in [6, 6.07) is 6.88. The van der Waals surface area contributed by atoms with Crippen molar-refractivity contribution in [2.75, 3.05) is 14.1 Å². The molecular weight excluding hydrogens is 372 g/mol. The lowest BCUT2D eigenvalue weighted by molar-refractivity contribution is 0.0679. The SMILES string of the molecule is CC1CCC(N(C)C(=O)c2cccc(S(=O)(=O)N(C)C3CCCCC3)c2)CC1. The molecule has 0 aliphatic heterocycles. The fourth-order valence-corrected chi connectivity index (χ4v) is 6.06. The monoisotopic (exact) mass is 406 g/mol. The van der Waals surface area contributed by atoms with Gasteiger partial charge in [-0.05, 0) is 62.6 Å². The summed E-state index contributed by atoms with van der Waals surface area (Å²) in [5.41, 5.74) is 0.458. The van der Waals surface area contributed by atoms with Gasteiger partial charge >= 0.3 is 0 Å². The van der Waals surface area contributed by atoms with Gasteiger partial charge in [0.05, 0.1) is 4.90 Å². The fraction of sp³-hybridized carbons (Fsp3) is 0.682. The first-order chi connectivity index (χ1) is 13.3. The highest BCUT2D eigenvalue weighted by atomic mass is 32.2. The fourth-order valence-electron chi connectivity index (χ4n) is 4.60. The normalized spacial score (nSPS) is 24.3. The number of sulfonamides is 1. The summed E-state index contributed by atoms with van der Waals surface area (Å²) in [6.07, 6.45) is 9.49. The van der Waals surface area contributed by atoms with Gasteiger partial charge in [0.15, 0.2) is 0 Å². The third-order valence-corrected chi connectivity index (χ3v) is 8.61. The first kappa shape index (κ1) is 21.3. The highest BCUT2D eigenvalue weighted by Gasteiger charge is 2.30. The Labute approximate surface area is 170 Å². The third-order valence-electron chi connectivity index (χ3n) is 6.70. The van der Waals surface area contributed by atoms with Crippen LogP contribution < -0.4 is 0 Å². The molecule has 3 rings (SSSR count). The number of hydrogen-bond donors (Lipinski definition) is 0. The molecule has 1 aromatic rings. The quantitative estimate of drug-likeness (QED) is 0.733. The van der Waals surface area contributed by atoms with Gasteiger partial charge in [-0.25, -0.2) is 8.42 Å². The molecular formula is C22H34N2O3S. The van der Waals surface area contributed by atoms with Crippen LogP contribution in [0.15, 0.2) is 29.2 Å². The zero-order chi connectivity index (χ0) is 20.3. The van der Waals surface area contributed by atoms with Crippen LogP contribution in [0.3, 0.4) is 0 Å². The zero-order valence-corrected chi connectivity index (χ0v) is 18.2. The lowest BCUT2D eigenvalue weighted by Gasteiger charge is -2.34. The van der Waals surface area contributed by atoms with Gasteiger partial charge in [-0.15, -0.1) is 0 Å². The molecule has 0 heterocycles. The molecule has 0 N–H and O–H groups in total. The average Bonchev–Trinajstić information content (AvgIpc) is 2.73. The maximum Gasteiger partial charge on any atom is 0.253 e. The standard InChI is InChI=1S/C22H34N2O3S/c1-17-12-14-19(15-13-17)23(2)22(25)18-8-7-11-21(16-18)28(26,27)24(3)20-9-5-4-6-10-20/h7-8,11,16-17,19-20H,4-6,9-10,12-15H2,1-3H3. The molecule has 0 spiro atoms. The smallest absolute Gasteiger partial charge is 0.253 e. The molecule has 0 atom stereocenters. The zero-order valence-electron chi connectivity index (χ0n) is 17.4. The number of carbonyl (C=O) groups excluding carboxylic acids is 1. The number of nitrogens with zero attached hydrogens (tertiary/aromatic N) is 2. The minimum absolute atomic E-state index is 0.0602. The third kappa shape index (κ3) is 4.60. The van der Waals surface area contributed by atoms with Crippen LogP contribution in [0.1, 0.15) is 75.1 Å². The average molecular weight is 407 g/mol. The Kier molecular flexibility index (Phi) is 6.81. The maximum absolute atomic E-state index is 13.1. The van der Waals surface area contributed by atoms with Crippen molar-refractivity contribution in [1.82, 2.24) is 9.21 Å². The van der Waals surface area contributed by atoms with E-state index in [1.807, 2.05) is 11.9 Å². The van der Waals surface area contributed by atoms with Gasteiger partial charge in [0, 0.05) is 31.7 Å². The summed E-state index contributed by atoms with van der Waals surface area (Å²) in [5.74, 6) is 0.639. The molecule has 0 bridgehead atoms. The molecule has 1 amide bonds. The molecule has 2 saturated carbocycles. The largest absolute Gasteiger partial charge is 0.339 e. The Morgan fingerprint density at radius 2 is 1.57 bits per heavy atom. The Morgan fingerprint density at radius 1 is 0.929 bits per heavy atom. The summed E-state index contributed by atoms with van der Waals surface area (Å²) in [5, 5.41) is 0. The van der Waals surface area contributed by atoms with Crippen LogP contribution in [0, 0.1) is 5.92 Å². The highest BCUT2D eigenvalue weighted by molar-refractivity contribution is 7.89. The molecule has 0 radical (unpaired) electrons. The van der Waals surface area contributed by atoms with E-state index in [2.05, 4.69) is 6.92 Å². The van der Waals surface area contributed by atoms with Gasteiger partial charge < -0.3 is 4.90 Å². The number of hydrogen-bond acceptors (Lipinski definition) is 3. The van der Waals surface area contributed by atoms with Crippen LogP contribution in [0.4, 0.5) is 0 Å². The second-order valence-electron chi connectivity index (χ2n) is 8.67. The second kappa shape index (κ2) is 8.95. The van der Waals surface area contributed by atoms with Crippen molar-refractivity contribution in [3.05, 3.63) is 29.8 Å². The van der Waals surface area contributed by atoms with Gasteiger partial charge in [-0.3, -0.25) is 4.79 Å². The molecule has 28 heavy (non-hydrogen) atoms. The van der Waals surface area contributed by atoms with Crippen molar-refractivity contribution in [1.29, 1.82) is 0 Å². The first-order valence-corrected chi connectivity index (χ1v) is 12.1. The molecule has 0 unspecified atom stereocenters. The molecule has 0 aromatic heterocycles. The Bertz CT molecular complexity index is 779. The van der Waals surface area contributed by atoms with Crippen molar-refractivity contribution in [3.63, 3.8) is 0 Å². The van der Waals surface area contributed by atoms with Crippen LogP contribution in [-0.2, 0) is 10.0 Å². The molecule has 2 aliphatic rings. The topological polar surface area (TPSA) is 57.7 Å². The van der Waals surface area contributed by atoms with Crippen LogP contribution in [0.5, 0.6) is 0 Å². The number of rotatable bonds is 5. The van der Waals surface area contributed by atoms with E-state index in [1.54, 1.807) is 31.3 Å². The Hall–Kier alpha value is -1.40. The van der Waals surface area contributed by atoms with E-state index >= 15 is 0 Å². The molecule has 156 valence electrons. The van der Waals surface area contributed by atoms with E-state index in [1.165, 1.54) is 10.7 Å². The number of amides is 1. The summed E-state index contributed by atoms with van der Waals surface area (Å²) in [7, 11) is -0.0686. The van der Waals surface area contributed by atoms with E-state index in [0.717, 1.165) is 57.3 Å². The number of benzene rings is 1. The van der Waals surface area contributed by atoms with Crippen molar-refractivity contribution < 1.29 is 13.2 Å². The highest BCUT2D eigenvalue weighted by Crippen LogP contribution is 2.29. The van der Waals surface area contributed by atoms with E-state index in [-0.39, 0.29) is 22.9 Å². The first-order valence-electron chi connectivity index (χ1n) is 10.7. The van der Waals surface area contributed by atoms with Crippen LogP contribution in [0.25, 0.3) is 0 Å². The molecule has 6 heteroatoms. The maximum atomic E-state index is 13.1. The predicted molar refractivity (Wildman–Crippen MR) is 112 cm³/mol. The van der Waals surface area contributed by atoms with E-state index in [9.17, 15) is 13.2 Å². The van der Waals surface area contributed by atoms with Crippen LogP contribution in [-0.4, -0.2) is 49.7 Å². The predicted octanol–water partition coefficient (Wildman–Crippen LogP) is 4.29. The minimum Gasteiger partial charge on any atom is -0.339 e. The van der Waals surface area contributed by atoms with Gasteiger partial charge in [-0.1, -0.05) is 32.3 Å². The van der Waals surface area contributed by atoms with Crippen molar-refractivity contribution in [2.45, 2.75) is 81.7 Å².